The molecule has 2 N–H and O–H groups in total. The third-order valence-corrected chi connectivity index (χ3v) is 2.77. The van der Waals surface area contributed by atoms with Gasteiger partial charge in [0, 0.05) is 6.04 Å². The van der Waals surface area contributed by atoms with E-state index in [1.807, 2.05) is 6.92 Å². The zero-order chi connectivity index (χ0) is 13.8. The zero-order valence-electron chi connectivity index (χ0n) is 9.93. The summed E-state index contributed by atoms with van der Waals surface area (Å²) in [5.74, 6) is -0.407. The first-order valence-electron chi connectivity index (χ1n) is 5.64. The van der Waals surface area contributed by atoms with Crippen molar-refractivity contribution in [2.24, 2.45) is 5.73 Å². The average Bonchev–Trinajstić information content (AvgIpc) is 2.27. The van der Waals surface area contributed by atoms with Crippen LogP contribution >= 0.6 is 11.6 Å². The highest BCUT2D eigenvalue weighted by molar-refractivity contribution is 6.32. The third kappa shape index (κ3) is 4.74. The van der Waals surface area contributed by atoms with Crippen LogP contribution in [0.4, 0.5) is 13.2 Å². The van der Waals surface area contributed by atoms with Crippen molar-refractivity contribution >= 4 is 11.6 Å². The number of rotatable bonds is 5. The van der Waals surface area contributed by atoms with Gasteiger partial charge in [0.15, 0.2) is 0 Å². The maximum Gasteiger partial charge on any atom is 0.573 e. The van der Waals surface area contributed by atoms with Crippen LogP contribution in [-0.2, 0) is 0 Å². The van der Waals surface area contributed by atoms with Gasteiger partial charge in [0.2, 0.25) is 0 Å². The molecule has 0 amide bonds. The molecule has 0 saturated heterocycles. The number of nitrogens with two attached hydrogens (primary N) is 1. The van der Waals surface area contributed by atoms with Crippen LogP contribution in [0.15, 0.2) is 18.2 Å². The van der Waals surface area contributed by atoms with Crippen molar-refractivity contribution in [3.63, 3.8) is 0 Å². The second kappa shape index (κ2) is 6.29. The second-order valence-corrected chi connectivity index (χ2v) is 4.39. The van der Waals surface area contributed by atoms with Crippen molar-refractivity contribution in [3.8, 4) is 5.75 Å². The third-order valence-electron chi connectivity index (χ3n) is 2.48. The first-order chi connectivity index (χ1) is 8.33. The molecular formula is C12H15ClF3NO. The van der Waals surface area contributed by atoms with E-state index in [0.717, 1.165) is 19.3 Å². The lowest BCUT2D eigenvalue weighted by Crippen LogP contribution is -2.17. The van der Waals surface area contributed by atoms with Crippen molar-refractivity contribution in [1.29, 1.82) is 0 Å². The molecule has 2 nitrogen and oxygen atoms in total. The molecule has 0 unspecified atom stereocenters. The van der Waals surface area contributed by atoms with Crippen LogP contribution in [0.2, 0.25) is 5.02 Å². The van der Waals surface area contributed by atoms with E-state index in [2.05, 4.69) is 4.74 Å². The molecule has 0 aromatic heterocycles. The van der Waals surface area contributed by atoms with Crippen LogP contribution in [0.25, 0.3) is 0 Å². The Morgan fingerprint density at radius 1 is 1.39 bits per heavy atom. The molecule has 0 aliphatic heterocycles. The lowest BCUT2D eigenvalue weighted by Gasteiger charge is -2.14. The molecule has 0 spiro atoms. The molecule has 1 atom stereocenters. The van der Waals surface area contributed by atoms with Crippen molar-refractivity contribution in [2.45, 2.75) is 38.6 Å². The summed E-state index contributed by atoms with van der Waals surface area (Å²) in [4.78, 5) is 0. The topological polar surface area (TPSA) is 35.2 Å². The summed E-state index contributed by atoms with van der Waals surface area (Å²) in [7, 11) is 0. The average molecular weight is 282 g/mol. The van der Waals surface area contributed by atoms with E-state index in [-0.39, 0.29) is 11.1 Å². The Balaban J connectivity index is 2.79. The number of ether oxygens (including phenoxy) is 1. The van der Waals surface area contributed by atoms with Crippen LogP contribution in [0, 0.1) is 0 Å². The molecule has 1 rings (SSSR count). The summed E-state index contributed by atoms with van der Waals surface area (Å²) in [6.07, 6.45) is -2.00. The lowest BCUT2D eigenvalue weighted by atomic mass is 10.0. The van der Waals surface area contributed by atoms with Crippen molar-refractivity contribution in [1.82, 2.24) is 0 Å². The van der Waals surface area contributed by atoms with Gasteiger partial charge < -0.3 is 10.5 Å². The monoisotopic (exact) mass is 281 g/mol. The minimum Gasteiger partial charge on any atom is -0.404 e. The fraction of sp³-hybridized carbons (Fsp3) is 0.500. The number of alkyl halides is 3. The van der Waals surface area contributed by atoms with E-state index in [9.17, 15) is 13.2 Å². The van der Waals surface area contributed by atoms with Crippen molar-refractivity contribution < 1.29 is 17.9 Å². The summed E-state index contributed by atoms with van der Waals surface area (Å²) in [6, 6.07) is 3.90. The Labute approximate surface area is 109 Å². The fourth-order valence-corrected chi connectivity index (χ4v) is 1.77. The first kappa shape index (κ1) is 15.1. The molecule has 6 heteroatoms. The van der Waals surface area contributed by atoms with Gasteiger partial charge in [-0.1, -0.05) is 37.4 Å². The Bertz CT molecular complexity index is 395. The molecule has 0 fully saturated rings. The highest BCUT2D eigenvalue weighted by atomic mass is 35.5. The molecule has 1 aromatic rings. The summed E-state index contributed by atoms with van der Waals surface area (Å²) >= 11 is 5.73. The SMILES string of the molecule is CCCC[C@H](N)c1ccc(OC(F)(F)F)c(Cl)c1. The van der Waals surface area contributed by atoms with E-state index in [4.69, 9.17) is 17.3 Å². The van der Waals surface area contributed by atoms with Gasteiger partial charge in [-0.2, -0.15) is 0 Å². The van der Waals surface area contributed by atoms with E-state index >= 15 is 0 Å². The lowest BCUT2D eigenvalue weighted by molar-refractivity contribution is -0.274. The maximum atomic E-state index is 12.0. The molecular weight excluding hydrogens is 267 g/mol. The van der Waals surface area contributed by atoms with Gasteiger partial charge in [0.05, 0.1) is 5.02 Å². The number of halogens is 4. The second-order valence-electron chi connectivity index (χ2n) is 3.99. The first-order valence-corrected chi connectivity index (χ1v) is 6.02. The largest absolute Gasteiger partial charge is 0.573 e. The molecule has 0 radical (unpaired) electrons. The van der Waals surface area contributed by atoms with Gasteiger partial charge in [-0.3, -0.25) is 0 Å². The molecule has 0 bridgehead atoms. The standard InChI is InChI=1S/C12H15ClF3NO/c1-2-3-4-10(17)8-5-6-11(9(13)7-8)18-12(14,15)16/h5-7,10H,2-4,17H2,1H3/t10-/m0/s1. The van der Waals surface area contributed by atoms with Gasteiger partial charge >= 0.3 is 6.36 Å². The molecule has 0 saturated carbocycles. The number of hydrogen-bond donors (Lipinski definition) is 1. The highest BCUT2D eigenvalue weighted by Gasteiger charge is 2.32. The summed E-state index contributed by atoms with van der Waals surface area (Å²) < 4.78 is 39.9. The predicted molar refractivity (Wildman–Crippen MR) is 64.6 cm³/mol. The van der Waals surface area contributed by atoms with E-state index in [0.29, 0.717) is 5.56 Å². The van der Waals surface area contributed by atoms with Gasteiger partial charge in [-0.05, 0) is 24.1 Å². The number of unbranched alkanes of at least 4 members (excludes halogenated alkanes) is 1. The van der Waals surface area contributed by atoms with Gasteiger partial charge in [0.25, 0.3) is 0 Å². The van der Waals surface area contributed by atoms with Crippen LogP contribution < -0.4 is 10.5 Å². The molecule has 0 aliphatic rings. The van der Waals surface area contributed by atoms with Gasteiger partial charge in [0.1, 0.15) is 5.75 Å². The molecule has 1 aromatic carbocycles. The normalized spacial score (nSPS) is 13.4. The fourth-order valence-electron chi connectivity index (χ4n) is 1.55. The van der Waals surface area contributed by atoms with Crippen molar-refractivity contribution in [2.75, 3.05) is 0 Å². The highest BCUT2D eigenvalue weighted by Crippen LogP contribution is 2.32. The Morgan fingerprint density at radius 3 is 2.56 bits per heavy atom. The molecule has 0 heterocycles. The Hall–Kier alpha value is -0.940. The zero-order valence-corrected chi connectivity index (χ0v) is 10.7. The predicted octanol–water partition coefficient (Wildman–Crippen LogP) is 4.43. The Morgan fingerprint density at radius 2 is 2.06 bits per heavy atom. The number of hydrogen-bond acceptors (Lipinski definition) is 2. The van der Waals surface area contributed by atoms with Gasteiger partial charge in [-0.25, -0.2) is 0 Å². The summed E-state index contributed by atoms with van der Waals surface area (Å²) in [5.41, 5.74) is 6.62. The van der Waals surface area contributed by atoms with Crippen molar-refractivity contribution in [3.05, 3.63) is 28.8 Å². The molecule has 18 heavy (non-hydrogen) atoms. The minimum atomic E-state index is -4.74. The molecule has 0 aliphatic carbocycles. The number of benzene rings is 1. The van der Waals surface area contributed by atoms with Crippen LogP contribution in [0.5, 0.6) is 5.75 Å². The maximum absolute atomic E-state index is 12.0. The quantitative estimate of drug-likeness (QED) is 0.866. The summed E-state index contributed by atoms with van der Waals surface area (Å²) in [6.45, 7) is 2.04. The van der Waals surface area contributed by atoms with Crippen LogP contribution in [0.3, 0.4) is 0 Å². The minimum absolute atomic E-state index is 0.0863. The van der Waals surface area contributed by atoms with E-state index in [1.54, 1.807) is 0 Å². The smallest absolute Gasteiger partial charge is 0.404 e. The van der Waals surface area contributed by atoms with Crippen LogP contribution in [-0.4, -0.2) is 6.36 Å². The Kier molecular flexibility index (Phi) is 5.28. The van der Waals surface area contributed by atoms with E-state index < -0.39 is 12.1 Å². The van der Waals surface area contributed by atoms with Gasteiger partial charge in [-0.15, -0.1) is 13.2 Å². The summed E-state index contributed by atoms with van der Waals surface area (Å²) in [5, 5.41) is -0.0863. The van der Waals surface area contributed by atoms with Crippen LogP contribution in [0.1, 0.15) is 37.8 Å². The van der Waals surface area contributed by atoms with E-state index in [1.165, 1.54) is 18.2 Å². The molecule has 102 valence electrons.